The van der Waals surface area contributed by atoms with Gasteiger partial charge in [-0.05, 0) is 19.9 Å². The fraction of sp³-hybridized carbons (Fsp3) is 0.333. The first-order chi connectivity index (χ1) is 8.70. The highest BCUT2D eigenvalue weighted by Gasteiger charge is 2.09. The number of hydrogen-bond acceptors (Lipinski definition) is 4. The van der Waals surface area contributed by atoms with Crippen molar-refractivity contribution in [3.63, 3.8) is 0 Å². The van der Waals surface area contributed by atoms with Crippen LogP contribution < -0.4 is 5.32 Å². The molecule has 1 N–H and O–H groups in total. The molecule has 0 aliphatic carbocycles. The predicted octanol–water partition coefficient (Wildman–Crippen LogP) is 0.931. The zero-order valence-corrected chi connectivity index (χ0v) is 10.4. The molecule has 94 valence electrons. The number of hydrogen-bond donors (Lipinski definition) is 1. The average molecular weight is 245 g/mol. The van der Waals surface area contributed by atoms with Gasteiger partial charge in [0.25, 0.3) is 5.91 Å². The number of nitrogens with one attached hydrogen (secondary N) is 1. The van der Waals surface area contributed by atoms with E-state index in [0.717, 1.165) is 17.9 Å². The molecule has 0 bridgehead atoms. The highest BCUT2D eigenvalue weighted by Crippen LogP contribution is 2.03. The van der Waals surface area contributed by atoms with Crippen LogP contribution in [0.25, 0.3) is 0 Å². The Kier molecular flexibility index (Phi) is 3.66. The first-order valence-electron chi connectivity index (χ1n) is 5.78. The van der Waals surface area contributed by atoms with Crippen molar-refractivity contribution in [2.45, 2.75) is 26.9 Å². The van der Waals surface area contributed by atoms with Crippen LogP contribution in [-0.2, 0) is 13.1 Å². The van der Waals surface area contributed by atoms with Gasteiger partial charge in [-0.15, -0.1) is 0 Å². The number of nitrogens with zero attached hydrogens (tertiary/aromatic N) is 4. The second-order valence-corrected chi connectivity index (χ2v) is 3.87. The number of aryl methyl sites for hydroxylation is 2. The van der Waals surface area contributed by atoms with Gasteiger partial charge in [0.1, 0.15) is 5.69 Å². The molecule has 0 atom stereocenters. The van der Waals surface area contributed by atoms with E-state index in [2.05, 4.69) is 20.4 Å². The molecule has 2 rings (SSSR count). The van der Waals surface area contributed by atoms with Crippen molar-refractivity contribution >= 4 is 5.91 Å². The van der Waals surface area contributed by atoms with Crippen molar-refractivity contribution in [1.29, 1.82) is 0 Å². The van der Waals surface area contributed by atoms with Crippen molar-refractivity contribution in [2.24, 2.45) is 0 Å². The highest BCUT2D eigenvalue weighted by molar-refractivity contribution is 5.91. The Bertz CT molecular complexity index is 535. The van der Waals surface area contributed by atoms with Crippen LogP contribution in [-0.4, -0.2) is 25.7 Å². The third kappa shape index (κ3) is 2.71. The molecule has 0 radical (unpaired) electrons. The number of carbonyl (C=O) groups is 1. The van der Waals surface area contributed by atoms with Gasteiger partial charge in [0.2, 0.25) is 0 Å². The maximum atomic E-state index is 11.8. The third-order valence-corrected chi connectivity index (χ3v) is 2.51. The SMILES string of the molecule is CCn1nc(C)cc1CNC(=O)c1cnccn1. The molecule has 0 fully saturated rings. The number of aromatic nitrogens is 4. The van der Waals surface area contributed by atoms with Crippen LogP contribution in [0.4, 0.5) is 0 Å². The van der Waals surface area contributed by atoms with Crippen LogP contribution in [0.3, 0.4) is 0 Å². The molecular weight excluding hydrogens is 230 g/mol. The zero-order valence-electron chi connectivity index (χ0n) is 10.4. The van der Waals surface area contributed by atoms with Crippen LogP contribution in [0, 0.1) is 6.92 Å². The number of amides is 1. The van der Waals surface area contributed by atoms with E-state index >= 15 is 0 Å². The second kappa shape index (κ2) is 5.39. The molecule has 6 nitrogen and oxygen atoms in total. The largest absolute Gasteiger partial charge is 0.345 e. The monoisotopic (exact) mass is 245 g/mol. The topological polar surface area (TPSA) is 72.7 Å². The van der Waals surface area contributed by atoms with E-state index < -0.39 is 0 Å². The summed E-state index contributed by atoms with van der Waals surface area (Å²) in [5, 5.41) is 7.12. The van der Waals surface area contributed by atoms with Gasteiger partial charge in [-0.1, -0.05) is 0 Å². The van der Waals surface area contributed by atoms with Crippen LogP contribution in [0.1, 0.15) is 28.8 Å². The summed E-state index contributed by atoms with van der Waals surface area (Å²) < 4.78 is 1.87. The smallest absolute Gasteiger partial charge is 0.271 e. The molecule has 0 saturated heterocycles. The molecule has 1 amide bonds. The first kappa shape index (κ1) is 12.2. The van der Waals surface area contributed by atoms with Gasteiger partial charge in [0.05, 0.1) is 24.1 Å². The van der Waals surface area contributed by atoms with Crippen LogP contribution in [0.15, 0.2) is 24.7 Å². The Morgan fingerprint density at radius 1 is 1.44 bits per heavy atom. The summed E-state index contributed by atoms with van der Waals surface area (Å²) in [7, 11) is 0. The Balaban J connectivity index is 2.01. The molecule has 6 heteroatoms. The maximum Gasteiger partial charge on any atom is 0.271 e. The molecule has 2 heterocycles. The molecule has 18 heavy (non-hydrogen) atoms. The zero-order chi connectivity index (χ0) is 13.0. The Hall–Kier alpha value is -2.24. The summed E-state index contributed by atoms with van der Waals surface area (Å²) in [5.74, 6) is -0.232. The van der Waals surface area contributed by atoms with Crippen molar-refractivity contribution in [3.8, 4) is 0 Å². The molecule has 0 spiro atoms. The summed E-state index contributed by atoms with van der Waals surface area (Å²) in [4.78, 5) is 19.6. The summed E-state index contributed by atoms with van der Waals surface area (Å²) >= 11 is 0. The van der Waals surface area contributed by atoms with E-state index in [-0.39, 0.29) is 5.91 Å². The van der Waals surface area contributed by atoms with Gasteiger partial charge >= 0.3 is 0 Å². The van der Waals surface area contributed by atoms with E-state index in [0.29, 0.717) is 12.2 Å². The minimum atomic E-state index is -0.232. The molecular formula is C12H15N5O. The van der Waals surface area contributed by atoms with Gasteiger partial charge in [0.15, 0.2) is 0 Å². The van der Waals surface area contributed by atoms with Crippen LogP contribution >= 0.6 is 0 Å². The maximum absolute atomic E-state index is 11.8. The molecule has 0 saturated carbocycles. The van der Waals surface area contributed by atoms with Gasteiger partial charge in [-0.3, -0.25) is 14.5 Å². The van der Waals surface area contributed by atoms with E-state index in [9.17, 15) is 4.79 Å². The van der Waals surface area contributed by atoms with E-state index in [4.69, 9.17) is 0 Å². The molecule has 0 aromatic carbocycles. The van der Waals surface area contributed by atoms with E-state index in [1.807, 2.05) is 24.6 Å². The second-order valence-electron chi connectivity index (χ2n) is 3.87. The van der Waals surface area contributed by atoms with Crippen molar-refractivity contribution in [1.82, 2.24) is 25.1 Å². The van der Waals surface area contributed by atoms with Crippen molar-refractivity contribution in [2.75, 3.05) is 0 Å². The lowest BCUT2D eigenvalue weighted by Gasteiger charge is -2.06. The Morgan fingerprint density at radius 2 is 2.28 bits per heavy atom. The normalized spacial score (nSPS) is 10.3. The Morgan fingerprint density at radius 3 is 2.94 bits per heavy atom. The fourth-order valence-electron chi connectivity index (χ4n) is 1.69. The van der Waals surface area contributed by atoms with Crippen molar-refractivity contribution < 1.29 is 4.79 Å². The lowest BCUT2D eigenvalue weighted by Crippen LogP contribution is -2.25. The van der Waals surface area contributed by atoms with Gasteiger partial charge in [-0.2, -0.15) is 5.10 Å². The van der Waals surface area contributed by atoms with Gasteiger partial charge < -0.3 is 5.32 Å². The molecule has 0 unspecified atom stereocenters. The molecule has 0 aliphatic rings. The minimum absolute atomic E-state index is 0.232. The molecule has 2 aromatic heterocycles. The summed E-state index contributed by atoms with van der Waals surface area (Å²) in [6, 6.07) is 1.96. The lowest BCUT2D eigenvalue weighted by molar-refractivity contribution is 0.0944. The Labute approximate surface area is 105 Å². The summed E-state index contributed by atoms with van der Waals surface area (Å²) in [6.45, 7) is 5.16. The molecule has 2 aromatic rings. The van der Waals surface area contributed by atoms with Crippen LogP contribution in [0.2, 0.25) is 0 Å². The van der Waals surface area contributed by atoms with E-state index in [1.54, 1.807) is 0 Å². The van der Waals surface area contributed by atoms with Gasteiger partial charge in [-0.25, -0.2) is 4.98 Å². The van der Waals surface area contributed by atoms with E-state index in [1.165, 1.54) is 18.6 Å². The average Bonchev–Trinajstić information content (AvgIpc) is 2.77. The predicted molar refractivity (Wildman–Crippen MR) is 65.8 cm³/mol. The van der Waals surface area contributed by atoms with Crippen molar-refractivity contribution in [3.05, 3.63) is 41.7 Å². The fourth-order valence-corrected chi connectivity index (χ4v) is 1.69. The molecule has 0 aliphatic heterocycles. The summed E-state index contributed by atoms with van der Waals surface area (Å²) in [6.07, 6.45) is 4.47. The standard InChI is InChI=1S/C12H15N5O/c1-3-17-10(6-9(2)16-17)7-15-12(18)11-8-13-4-5-14-11/h4-6,8H,3,7H2,1-2H3,(H,15,18). The first-order valence-corrected chi connectivity index (χ1v) is 5.78. The van der Waals surface area contributed by atoms with Gasteiger partial charge in [0, 0.05) is 18.9 Å². The van der Waals surface area contributed by atoms with Crippen LogP contribution in [0.5, 0.6) is 0 Å². The highest BCUT2D eigenvalue weighted by atomic mass is 16.1. The summed E-state index contributed by atoms with van der Waals surface area (Å²) in [5.41, 5.74) is 2.24. The number of rotatable bonds is 4. The number of carbonyl (C=O) groups excluding carboxylic acids is 1. The third-order valence-electron chi connectivity index (χ3n) is 2.51. The quantitative estimate of drug-likeness (QED) is 0.869. The minimum Gasteiger partial charge on any atom is -0.345 e. The lowest BCUT2D eigenvalue weighted by atomic mass is 10.3.